The van der Waals surface area contributed by atoms with Gasteiger partial charge in [0, 0.05) is 15.8 Å². The molecule has 0 bridgehead atoms. The Hall–Kier alpha value is -1.98. The zero-order valence-corrected chi connectivity index (χ0v) is 11.7. The molecule has 2 heterocycles. The van der Waals surface area contributed by atoms with E-state index in [2.05, 4.69) is 4.98 Å². The fourth-order valence-corrected chi connectivity index (χ4v) is 3.14. The Kier molecular flexibility index (Phi) is 3.38. The van der Waals surface area contributed by atoms with Crippen molar-refractivity contribution in [1.29, 1.82) is 0 Å². The molecule has 3 aromatic rings. The van der Waals surface area contributed by atoms with E-state index in [-0.39, 0.29) is 11.9 Å². The number of halogens is 1. The van der Waals surface area contributed by atoms with E-state index in [9.17, 15) is 4.39 Å². The average Bonchev–Trinajstić information content (AvgIpc) is 2.89. The van der Waals surface area contributed by atoms with Gasteiger partial charge in [-0.2, -0.15) is 0 Å². The van der Waals surface area contributed by atoms with Crippen LogP contribution in [0.3, 0.4) is 0 Å². The van der Waals surface area contributed by atoms with Crippen LogP contribution in [0.4, 0.5) is 4.39 Å². The summed E-state index contributed by atoms with van der Waals surface area (Å²) < 4.78 is 19.4. The van der Waals surface area contributed by atoms with E-state index >= 15 is 0 Å². The fraction of sp³-hybridized carbons (Fsp3) is 0.133. The summed E-state index contributed by atoms with van der Waals surface area (Å²) in [5.41, 5.74) is 7.13. The maximum Gasteiger partial charge on any atom is 0.137 e. The first-order chi connectivity index (χ1) is 9.67. The van der Waals surface area contributed by atoms with Crippen LogP contribution >= 0.6 is 11.3 Å². The molecule has 0 spiro atoms. The number of hydrogen-bond acceptors (Lipinski definition) is 4. The summed E-state index contributed by atoms with van der Waals surface area (Å²) in [7, 11) is 1.59. The van der Waals surface area contributed by atoms with Crippen molar-refractivity contribution in [3.8, 4) is 5.75 Å². The maximum absolute atomic E-state index is 13.2. The molecule has 5 heteroatoms. The molecule has 0 saturated carbocycles. The number of rotatable bonds is 3. The second-order valence-corrected chi connectivity index (χ2v) is 5.58. The van der Waals surface area contributed by atoms with Crippen LogP contribution in [0.25, 0.3) is 10.1 Å². The Morgan fingerprint density at radius 1 is 1.25 bits per heavy atom. The van der Waals surface area contributed by atoms with E-state index in [1.165, 1.54) is 12.1 Å². The molecule has 2 aromatic heterocycles. The third-order valence-corrected chi connectivity index (χ3v) is 4.33. The fourth-order valence-electron chi connectivity index (χ4n) is 2.07. The summed E-state index contributed by atoms with van der Waals surface area (Å²) in [6.07, 6.45) is 3.36. The molecule has 0 saturated heterocycles. The molecule has 20 heavy (non-hydrogen) atoms. The first-order valence-electron chi connectivity index (χ1n) is 6.11. The first-order valence-corrected chi connectivity index (χ1v) is 6.92. The molecule has 0 radical (unpaired) electrons. The maximum atomic E-state index is 13.2. The highest BCUT2D eigenvalue weighted by molar-refractivity contribution is 7.19. The van der Waals surface area contributed by atoms with Crippen LogP contribution < -0.4 is 10.5 Å². The topological polar surface area (TPSA) is 48.1 Å². The summed E-state index contributed by atoms with van der Waals surface area (Å²) >= 11 is 1.56. The van der Waals surface area contributed by atoms with Crippen LogP contribution in [-0.2, 0) is 0 Å². The number of hydrogen-bond donors (Lipinski definition) is 1. The Bertz CT molecular complexity index is 756. The molecule has 1 unspecified atom stereocenters. The van der Waals surface area contributed by atoms with Crippen molar-refractivity contribution in [2.24, 2.45) is 5.73 Å². The van der Waals surface area contributed by atoms with Gasteiger partial charge in [0.1, 0.15) is 11.6 Å². The Morgan fingerprint density at radius 3 is 2.90 bits per heavy atom. The van der Waals surface area contributed by atoms with Crippen molar-refractivity contribution >= 4 is 21.4 Å². The monoisotopic (exact) mass is 288 g/mol. The van der Waals surface area contributed by atoms with Crippen LogP contribution in [0, 0.1) is 5.82 Å². The molecule has 1 atom stereocenters. The van der Waals surface area contributed by atoms with E-state index < -0.39 is 0 Å². The summed E-state index contributed by atoms with van der Waals surface area (Å²) in [5, 5.41) is 0.872. The normalized spacial score (nSPS) is 12.6. The molecular weight excluding hydrogens is 275 g/mol. The molecule has 0 aliphatic heterocycles. The largest absolute Gasteiger partial charge is 0.495 e. The standard InChI is InChI=1S/C15H13FN2OS/c1-19-12-5-10(7-18-8-12)15(17)14-6-9-4-11(16)2-3-13(9)20-14/h2-8,15H,17H2,1H3. The highest BCUT2D eigenvalue weighted by atomic mass is 32.1. The number of ether oxygens (including phenoxy) is 1. The van der Waals surface area contributed by atoms with Crippen molar-refractivity contribution in [2.75, 3.05) is 7.11 Å². The van der Waals surface area contributed by atoms with Crippen molar-refractivity contribution in [1.82, 2.24) is 4.98 Å². The Labute approximate surface area is 119 Å². The van der Waals surface area contributed by atoms with Gasteiger partial charge in [-0.25, -0.2) is 4.39 Å². The third kappa shape index (κ3) is 2.37. The molecule has 3 rings (SSSR count). The lowest BCUT2D eigenvalue weighted by Gasteiger charge is -2.10. The highest BCUT2D eigenvalue weighted by Gasteiger charge is 2.14. The molecule has 102 valence electrons. The molecular formula is C15H13FN2OS. The smallest absolute Gasteiger partial charge is 0.137 e. The first kappa shape index (κ1) is 13.0. The number of pyridine rings is 1. The Balaban J connectivity index is 2.00. The summed E-state index contributed by atoms with van der Waals surface area (Å²) in [4.78, 5) is 5.08. The van der Waals surface area contributed by atoms with E-state index in [1.54, 1.807) is 36.9 Å². The summed E-state index contributed by atoms with van der Waals surface area (Å²) in [6, 6.07) is 8.25. The van der Waals surface area contributed by atoms with E-state index in [0.717, 1.165) is 20.5 Å². The zero-order valence-electron chi connectivity index (χ0n) is 10.8. The van der Waals surface area contributed by atoms with Crippen LogP contribution in [0.2, 0.25) is 0 Å². The average molecular weight is 288 g/mol. The third-order valence-electron chi connectivity index (χ3n) is 3.13. The van der Waals surface area contributed by atoms with Gasteiger partial charge in [-0.05, 0) is 41.3 Å². The van der Waals surface area contributed by atoms with Gasteiger partial charge in [0.15, 0.2) is 0 Å². The molecule has 2 N–H and O–H groups in total. The number of nitrogens with zero attached hydrogens (tertiary/aromatic N) is 1. The number of thiophene rings is 1. The highest BCUT2D eigenvalue weighted by Crippen LogP contribution is 2.32. The second kappa shape index (κ2) is 5.19. The molecule has 0 aliphatic carbocycles. The van der Waals surface area contributed by atoms with Crippen molar-refractivity contribution in [3.63, 3.8) is 0 Å². The van der Waals surface area contributed by atoms with Gasteiger partial charge < -0.3 is 10.5 Å². The predicted octanol–water partition coefficient (Wildman–Crippen LogP) is 3.49. The van der Waals surface area contributed by atoms with Crippen LogP contribution in [0.15, 0.2) is 42.7 Å². The number of nitrogens with two attached hydrogens (primary N) is 1. The lowest BCUT2D eigenvalue weighted by molar-refractivity contribution is 0.412. The van der Waals surface area contributed by atoms with Crippen molar-refractivity contribution < 1.29 is 9.13 Å². The van der Waals surface area contributed by atoms with Crippen LogP contribution in [-0.4, -0.2) is 12.1 Å². The summed E-state index contributed by atoms with van der Waals surface area (Å²) in [5.74, 6) is 0.434. The molecule has 0 aliphatic rings. The van der Waals surface area contributed by atoms with Crippen molar-refractivity contribution in [3.05, 3.63) is 59.0 Å². The van der Waals surface area contributed by atoms with Gasteiger partial charge in [0.05, 0.1) is 19.3 Å². The minimum atomic E-state index is -0.293. The lowest BCUT2D eigenvalue weighted by Crippen LogP contribution is -2.10. The Morgan fingerprint density at radius 2 is 2.10 bits per heavy atom. The summed E-state index contributed by atoms with van der Waals surface area (Å²) in [6.45, 7) is 0. The number of aromatic nitrogens is 1. The van der Waals surface area contributed by atoms with Crippen molar-refractivity contribution in [2.45, 2.75) is 6.04 Å². The lowest BCUT2D eigenvalue weighted by atomic mass is 10.1. The quantitative estimate of drug-likeness (QED) is 0.802. The van der Waals surface area contributed by atoms with Gasteiger partial charge >= 0.3 is 0 Å². The molecule has 0 fully saturated rings. The SMILES string of the molecule is COc1cncc(C(N)c2cc3cc(F)ccc3s2)c1. The molecule has 3 nitrogen and oxygen atoms in total. The number of benzene rings is 1. The minimum absolute atomic E-state index is 0.238. The van der Waals surface area contributed by atoms with E-state index in [4.69, 9.17) is 10.5 Å². The van der Waals surface area contributed by atoms with Gasteiger partial charge in [0.25, 0.3) is 0 Å². The van der Waals surface area contributed by atoms with Gasteiger partial charge in [0.2, 0.25) is 0 Å². The molecule has 0 amide bonds. The van der Waals surface area contributed by atoms with E-state index in [1.807, 2.05) is 12.1 Å². The second-order valence-electron chi connectivity index (χ2n) is 4.47. The predicted molar refractivity (Wildman–Crippen MR) is 78.6 cm³/mol. The zero-order chi connectivity index (χ0) is 14.1. The van der Waals surface area contributed by atoms with E-state index in [0.29, 0.717) is 5.75 Å². The van der Waals surface area contributed by atoms with Gasteiger partial charge in [-0.1, -0.05) is 0 Å². The van der Waals surface area contributed by atoms with Crippen LogP contribution in [0.1, 0.15) is 16.5 Å². The number of methoxy groups -OCH3 is 1. The number of fused-ring (bicyclic) bond motifs is 1. The molecule has 1 aromatic carbocycles. The van der Waals surface area contributed by atoms with Gasteiger partial charge in [-0.3, -0.25) is 4.98 Å². The minimum Gasteiger partial charge on any atom is -0.495 e. The van der Waals surface area contributed by atoms with Crippen LogP contribution in [0.5, 0.6) is 5.75 Å². The van der Waals surface area contributed by atoms with Gasteiger partial charge in [-0.15, -0.1) is 11.3 Å².